The van der Waals surface area contributed by atoms with Crippen LogP contribution in [-0.2, 0) is 0 Å². The van der Waals surface area contributed by atoms with Crippen molar-refractivity contribution in [1.29, 1.82) is 0 Å². The number of aryl methyl sites for hydroxylation is 1. The van der Waals surface area contributed by atoms with Crippen LogP contribution in [0.1, 0.15) is 5.69 Å². The molecule has 0 radical (unpaired) electrons. The molecule has 2 aromatic heterocycles. The highest BCUT2D eigenvalue weighted by Gasteiger charge is 2.01. The molecule has 4 N–H and O–H groups in total. The normalized spacial score (nSPS) is 10.1. The summed E-state index contributed by atoms with van der Waals surface area (Å²) < 4.78 is 0. The molecule has 14 heavy (non-hydrogen) atoms. The molecule has 0 fully saturated rings. The molecule has 0 saturated carbocycles. The maximum atomic E-state index is 5.41. The molecule has 0 aliphatic heterocycles. The monoisotopic (exact) mass is 190 g/mol. The Bertz CT molecular complexity index is 418. The average molecular weight is 190 g/mol. The number of rotatable bonds is 2. The van der Waals surface area contributed by atoms with Gasteiger partial charge >= 0.3 is 0 Å². The van der Waals surface area contributed by atoms with Crippen LogP contribution in [0.5, 0.6) is 0 Å². The molecule has 0 spiro atoms. The molecule has 2 heterocycles. The Balaban J connectivity index is 2.19. The van der Waals surface area contributed by atoms with Crippen molar-refractivity contribution in [3.8, 4) is 0 Å². The van der Waals surface area contributed by atoms with Crippen molar-refractivity contribution in [3.05, 3.63) is 24.0 Å². The molecule has 0 bridgehead atoms. The first-order chi connectivity index (χ1) is 6.75. The average Bonchev–Trinajstić information content (AvgIpc) is 2.56. The van der Waals surface area contributed by atoms with E-state index in [4.69, 9.17) is 5.73 Å². The van der Waals surface area contributed by atoms with Crippen molar-refractivity contribution in [2.75, 3.05) is 11.1 Å². The number of aromatic amines is 1. The lowest BCUT2D eigenvalue weighted by molar-refractivity contribution is 1.04. The molecule has 6 heteroatoms. The van der Waals surface area contributed by atoms with E-state index in [1.807, 2.05) is 6.92 Å². The van der Waals surface area contributed by atoms with Crippen LogP contribution in [-0.4, -0.2) is 20.4 Å². The topological polar surface area (TPSA) is 92.5 Å². The van der Waals surface area contributed by atoms with E-state index in [2.05, 4.69) is 25.7 Å². The Morgan fingerprint density at radius 1 is 1.36 bits per heavy atom. The fraction of sp³-hybridized carbons (Fsp3) is 0.125. The molecule has 0 aliphatic rings. The van der Waals surface area contributed by atoms with Gasteiger partial charge in [0.05, 0.1) is 17.6 Å². The quantitative estimate of drug-likeness (QED) is 0.652. The first-order valence-corrected chi connectivity index (χ1v) is 4.12. The van der Waals surface area contributed by atoms with E-state index in [1.54, 1.807) is 18.3 Å². The van der Waals surface area contributed by atoms with Gasteiger partial charge < -0.3 is 11.1 Å². The van der Waals surface area contributed by atoms with Gasteiger partial charge in [-0.25, -0.2) is 0 Å². The third-order valence-electron chi connectivity index (χ3n) is 1.78. The zero-order chi connectivity index (χ0) is 9.97. The van der Waals surface area contributed by atoms with E-state index >= 15 is 0 Å². The van der Waals surface area contributed by atoms with Crippen LogP contribution in [0.15, 0.2) is 18.3 Å². The summed E-state index contributed by atoms with van der Waals surface area (Å²) in [6.45, 7) is 1.92. The van der Waals surface area contributed by atoms with Gasteiger partial charge in [-0.2, -0.15) is 5.10 Å². The van der Waals surface area contributed by atoms with Gasteiger partial charge in [0.25, 0.3) is 0 Å². The van der Waals surface area contributed by atoms with Gasteiger partial charge in [-0.15, -0.1) is 10.2 Å². The summed E-state index contributed by atoms with van der Waals surface area (Å²) in [6.07, 6.45) is 1.69. The van der Waals surface area contributed by atoms with Crippen LogP contribution in [0.25, 0.3) is 0 Å². The minimum atomic E-state index is 0.402. The number of H-pyrrole nitrogens is 1. The highest BCUT2D eigenvalue weighted by Crippen LogP contribution is 2.15. The molecule has 0 unspecified atom stereocenters. The second-order valence-electron chi connectivity index (χ2n) is 2.88. The Kier molecular flexibility index (Phi) is 2.02. The van der Waals surface area contributed by atoms with Crippen LogP contribution >= 0.6 is 0 Å². The van der Waals surface area contributed by atoms with Crippen LogP contribution in [0.3, 0.4) is 0 Å². The number of hydrogen-bond donors (Lipinski definition) is 3. The molecule has 0 amide bonds. The fourth-order valence-corrected chi connectivity index (χ4v) is 1.02. The standard InChI is InChI=1S/C8H10N6/c1-5-6(4-10-12-5)11-8-3-2-7(9)13-14-8/h2-4H,1H3,(H2,9,13)(H,10,12)(H,11,14). The second-order valence-corrected chi connectivity index (χ2v) is 2.88. The molecule has 2 aromatic rings. The van der Waals surface area contributed by atoms with Gasteiger partial charge in [-0.1, -0.05) is 0 Å². The van der Waals surface area contributed by atoms with Crippen LogP contribution in [0.4, 0.5) is 17.3 Å². The highest BCUT2D eigenvalue weighted by atomic mass is 15.2. The molecule has 0 aliphatic carbocycles. The molecule has 72 valence electrons. The van der Waals surface area contributed by atoms with Crippen LogP contribution in [0, 0.1) is 6.92 Å². The van der Waals surface area contributed by atoms with Crippen molar-refractivity contribution in [2.45, 2.75) is 6.92 Å². The number of nitrogens with two attached hydrogens (primary N) is 1. The number of nitrogens with zero attached hydrogens (tertiary/aromatic N) is 3. The van der Waals surface area contributed by atoms with E-state index < -0.39 is 0 Å². The van der Waals surface area contributed by atoms with Gasteiger partial charge in [0.2, 0.25) is 0 Å². The number of anilines is 3. The summed E-state index contributed by atoms with van der Waals surface area (Å²) in [7, 11) is 0. The summed E-state index contributed by atoms with van der Waals surface area (Å²) in [6, 6.07) is 3.44. The molecule has 0 atom stereocenters. The zero-order valence-electron chi connectivity index (χ0n) is 7.65. The van der Waals surface area contributed by atoms with E-state index in [-0.39, 0.29) is 0 Å². The third-order valence-corrected chi connectivity index (χ3v) is 1.78. The molecular weight excluding hydrogens is 180 g/mol. The molecule has 6 nitrogen and oxygen atoms in total. The van der Waals surface area contributed by atoms with Gasteiger partial charge in [-0.05, 0) is 19.1 Å². The minimum Gasteiger partial charge on any atom is -0.382 e. The Morgan fingerprint density at radius 3 is 2.79 bits per heavy atom. The number of aromatic nitrogens is 4. The molecular formula is C8H10N6. The zero-order valence-corrected chi connectivity index (χ0v) is 7.65. The third kappa shape index (κ3) is 1.63. The van der Waals surface area contributed by atoms with Gasteiger partial charge in [0, 0.05) is 0 Å². The van der Waals surface area contributed by atoms with E-state index in [9.17, 15) is 0 Å². The van der Waals surface area contributed by atoms with Crippen molar-refractivity contribution < 1.29 is 0 Å². The van der Waals surface area contributed by atoms with Crippen molar-refractivity contribution in [2.24, 2.45) is 0 Å². The molecule has 0 aromatic carbocycles. The summed E-state index contributed by atoms with van der Waals surface area (Å²) in [5.74, 6) is 1.04. The smallest absolute Gasteiger partial charge is 0.153 e. The lowest BCUT2D eigenvalue weighted by atomic mass is 10.4. The summed E-state index contributed by atoms with van der Waals surface area (Å²) >= 11 is 0. The predicted molar refractivity (Wildman–Crippen MR) is 53.1 cm³/mol. The summed E-state index contributed by atoms with van der Waals surface area (Å²) in [4.78, 5) is 0. The summed E-state index contributed by atoms with van der Waals surface area (Å²) in [5.41, 5.74) is 7.24. The SMILES string of the molecule is Cc1[nH]ncc1Nc1ccc(N)nn1. The van der Waals surface area contributed by atoms with Gasteiger partial charge in [0.15, 0.2) is 5.82 Å². The Labute approximate surface area is 80.5 Å². The predicted octanol–water partition coefficient (Wildman–Crippen LogP) is 0.834. The fourth-order valence-electron chi connectivity index (χ4n) is 1.02. The number of nitrogen functional groups attached to an aromatic ring is 1. The van der Waals surface area contributed by atoms with Crippen molar-refractivity contribution >= 4 is 17.3 Å². The Hall–Kier alpha value is -2.11. The second kappa shape index (κ2) is 3.33. The van der Waals surface area contributed by atoms with Crippen LogP contribution < -0.4 is 11.1 Å². The molecule has 0 saturated heterocycles. The summed E-state index contributed by atoms with van der Waals surface area (Å²) in [5, 5.41) is 17.3. The lowest BCUT2D eigenvalue weighted by Crippen LogP contribution is -1.98. The number of hydrogen-bond acceptors (Lipinski definition) is 5. The first kappa shape index (κ1) is 8.49. The maximum Gasteiger partial charge on any atom is 0.153 e. The largest absolute Gasteiger partial charge is 0.382 e. The minimum absolute atomic E-state index is 0.402. The maximum absolute atomic E-state index is 5.41. The number of nitrogens with one attached hydrogen (secondary N) is 2. The van der Waals surface area contributed by atoms with Crippen LogP contribution in [0.2, 0.25) is 0 Å². The van der Waals surface area contributed by atoms with Crippen molar-refractivity contribution in [3.63, 3.8) is 0 Å². The van der Waals surface area contributed by atoms with Gasteiger partial charge in [0.1, 0.15) is 5.82 Å². The first-order valence-electron chi connectivity index (χ1n) is 4.12. The lowest BCUT2D eigenvalue weighted by Gasteiger charge is -2.02. The van der Waals surface area contributed by atoms with E-state index in [0.29, 0.717) is 11.6 Å². The van der Waals surface area contributed by atoms with E-state index in [1.165, 1.54) is 0 Å². The highest BCUT2D eigenvalue weighted by molar-refractivity contribution is 5.57. The molecule has 2 rings (SSSR count). The Morgan fingerprint density at radius 2 is 2.21 bits per heavy atom. The van der Waals surface area contributed by atoms with E-state index in [0.717, 1.165) is 11.4 Å². The van der Waals surface area contributed by atoms with Crippen molar-refractivity contribution in [1.82, 2.24) is 20.4 Å². The van der Waals surface area contributed by atoms with Gasteiger partial charge in [-0.3, -0.25) is 5.10 Å².